The highest BCUT2D eigenvalue weighted by atomic mass is 16.5. The third-order valence-electron chi connectivity index (χ3n) is 2.90. The lowest BCUT2D eigenvalue weighted by atomic mass is 10.1. The van der Waals surface area contributed by atoms with Gasteiger partial charge in [-0.15, -0.1) is 0 Å². The van der Waals surface area contributed by atoms with Crippen LogP contribution in [0.25, 0.3) is 0 Å². The Morgan fingerprint density at radius 3 is 2.65 bits per heavy atom. The number of nitrogens with one attached hydrogen (secondary N) is 1. The van der Waals surface area contributed by atoms with Gasteiger partial charge in [0.25, 0.3) is 0 Å². The van der Waals surface area contributed by atoms with Crippen LogP contribution in [0.5, 0.6) is 0 Å². The molecule has 0 heterocycles. The van der Waals surface area contributed by atoms with Gasteiger partial charge >= 0.3 is 5.97 Å². The number of nitrogens with two attached hydrogens (primary N) is 1. The number of hydrogen-bond acceptors (Lipinski definition) is 5. The van der Waals surface area contributed by atoms with Crippen LogP contribution in [0.3, 0.4) is 0 Å². The average Bonchev–Trinajstić information content (AvgIpc) is 2.44. The number of rotatable bonds is 6. The highest BCUT2D eigenvalue weighted by Crippen LogP contribution is 2.23. The molecule has 0 bridgehead atoms. The molecule has 1 aromatic rings. The molecule has 1 rings (SSSR count). The van der Waals surface area contributed by atoms with E-state index in [0.717, 1.165) is 5.69 Å². The minimum absolute atomic E-state index is 0.0291. The monoisotopic (exact) mass is 279 g/mol. The zero-order valence-electron chi connectivity index (χ0n) is 12.1. The van der Waals surface area contributed by atoms with E-state index in [1.807, 2.05) is 11.9 Å². The molecule has 6 heteroatoms. The van der Waals surface area contributed by atoms with Crippen molar-refractivity contribution in [3.63, 3.8) is 0 Å². The van der Waals surface area contributed by atoms with Gasteiger partial charge in [0.1, 0.15) is 0 Å². The maximum absolute atomic E-state index is 11.6. The Labute approximate surface area is 118 Å². The molecule has 20 heavy (non-hydrogen) atoms. The summed E-state index contributed by atoms with van der Waals surface area (Å²) in [5.74, 6) is -0.419. The van der Waals surface area contributed by atoms with Crippen LogP contribution in [-0.2, 0) is 9.53 Å². The van der Waals surface area contributed by atoms with Gasteiger partial charge in [-0.1, -0.05) is 0 Å². The molecule has 0 saturated carbocycles. The quantitative estimate of drug-likeness (QED) is 0.600. The Hall–Kier alpha value is -2.24. The van der Waals surface area contributed by atoms with Crippen LogP contribution in [-0.4, -0.2) is 39.1 Å². The van der Waals surface area contributed by atoms with Crippen LogP contribution in [0.1, 0.15) is 23.7 Å². The largest absolute Gasteiger partial charge is 0.462 e. The first kappa shape index (κ1) is 15.8. The Morgan fingerprint density at radius 1 is 1.40 bits per heavy atom. The normalized spacial score (nSPS) is 9.95. The molecule has 0 saturated heterocycles. The summed E-state index contributed by atoms with van der Waals surface area (Å²) in [6.07, 6.45) is 0.381. The summed E-state index contributed by atoms with van der Waals surface area (Å²) in [6, 6.07) is 5.01. The van der Waals surface area contributed by atoms with Gasteiger partial charge in [-0.05, 0) is 25.1 Å². The molecule has 0 aliphatic heterocycles. The van der Waals surface area contributed by atoms with Crippen LogP contribution in [0.2, 0.25) is 0 Å². The maximum atomic E-state index is 11.6. The van der Waals surface area contributed by atoms with Crippen molar-refractivity contribution in [2.45, 2.75) is 13.3 Å². The van der Waals surface area contributed by atoms with Crippen molar-refractivity contribution in [3.05, 3.63) is 23.8 Å². The van der Waals surface area contributed by atoms with Crippen molar-refractivity contribution in [2.75, 3.05) is 37.9 Å². The van der Waals surface area contributed by atoms with Gasteiger partial charge in [-0.3, -0.25) is 4.79 Å². The predicted octanol–water partition coefficient (Wildman–Crippen LogP) is 1.02. The summed E-state index contributed by atoms with van der Waals surface area (Å²) in [7, 11) is 3.45. The first-order valence-electron chi connectivity index (χ1n) is 6.48. The first-order chi connectivity index (χ1) is 9.49. The summed E-state index contributed by atoms with van der Waals surface area (Å²) < 4.78 is 4.92. The van der Waals surface area contributed by atoms with Gasteiger partial charge in [0.15, 0.2) is 0 Å². The lowest BCUT2D eigenvalue weighted by Crippen LogP contribution is -2.26. The zero-order chi connectivity index (χ0) is 15.1. The summed E-state index contributed by atoms with van der Waals surface area (Å²) >= 11 is 0. The van der Waals surface area contributed by atoms with Gasteiger partial charge in [-0.2, -0.15) is 0 Å². The molecule has 0 unspecified atom stereocenters. The molecular weight excluding hydrogens is 258 g/mol. The van der Waals surface area contributed by atoms with Crippen molar-refractivity contribution in [1.82, 2.24) is 5.32 Å². The van der Waals surface area contributed by atoms with Crippen molar-refractivity contribution in [2.24, 2.45) is 0 Å². The van der Waals surface area contributed by atoms with Crippen LogP contribution in [0, 0.1) is 0 Å². The molecule has 0 radical (unpaired) electrons. The van der Waals surface area contributed by atoms with Crippen LogP contribution < -0.4 is 16.0 Å². The second-order valence-corrected chi connectivity index (χ2v) is 4.34. The van der Waals surface area contributed by atoms with E-state index in [-0.39, 0.29) is 5.91 Å². The molecule has 0 fully saturated rings. The van der Waals surface area contributed by atoms with Gasteiger partial charge in [0, 0.05) is 27.1 Å². The summed E-state index contributed by atoms with van der Waals surface area (Å²) in [6.45, 7) is 2.62. The van der Waals surface area contributed by atoms with E-state index in [9.17, 15) is 9.59 Å². The van der Waals surface area contributed by atoms with Crippen molar-refractivity contribution < 1.29 is 14.3 Å². The fraction of sp³-hybridized carbons (Fsp3) is 0.429. The molecule has 1 amide bonds. The van der Waals surface area contributed by atoms with Gasteiger partial charge in [0.2, 0.25) is 5.91 Å². The Bertz CT molecular complexity index is 489. The van der Waals surface area contributed by atoms with E-state index >= 15 is 0 Å². The molecule has 0 aromatic heterocycles. The molecular formula is C14H21N3O3. The van der Waals surface area contributed by atoms with E-state index in [0.29, 0.717) is 30.8 Å². The van der Waals surface area contributed by atoms with Gasteiger partial charge in [-0.25, -0.2) is 4.79 Å². The third-order valence-corrected chi connectivity index (χ3v) is 2.90. The number of nitrogen functional groups attached to an aromatic ring is 1. The number of esters is 1. The molecule has 0 aliphatic rings. The maximum Gasteiger partial charge on any atom is 0.338 e. The van der Waals surface area contributed by atoms with E-state index in [1.54, 1.807) is 32.2 Å². The van der Waals surface area contributed by atoms with Crippen molar-refractivity contribution in [1.29, 1.82) is 0 Å². The number of ether oxygens (including phenoxy) is 1. The fourth-order valence-electron chi connectivity index (χ4n) is 1.76. The number of amides is 1. The molecule has 0 aliphatic carbocycles. The number of carbonyl (C=O) groups is 2. The molecule has 6 nitrogen and oxygen atoms in total. The zero-order valence-corrected chi connectivity index (χ0v) is 12.1. The second kappa shape index (κ2) is 7.37. The van der Waals surface area contributed by atoms with Gasteiger partial charge < -0.3 is 20.7 Å². The highest BCUT2D eigenvalue weighted by molar-refractivity contribution is 5.92. The second-order valence-electron chi connectivity index (χ2n) is 4.34. The Kier molecular flexibility index (Phi) is 5.83. The molecule has 110 valence electrons. The fourth-order valence-corrected chi connectivity index (χ4v) is 1.76. The smallest absolute Gasteiger partial charge is 0.338 e. The van der Waals surface area contributed by atoms with E-state index in [1.165, 1.54) is 0 Å². The number of anilines is 2. The van der Waals surface area contributed by atoms with Crippen LogP contribution >= 0.6 is 0 Å². The van der Waals surface area contributed by atoms with Crippen LogP contribution in [0.4, 0.5) is 11.4 Å². The third kappa shape index (κ3) is 4.15. The average molecular weight is 279 g/mol. The van der Waals surface area contributed by atoms with Crippen LogP contribution in [0.15, 0.2) is 18.2 Å². The summed E-state index contributed by atoms with van der Waals surface area (Å²) in [5, 5.41) is 2.57. The minimum atomic E-state index is -0.390. The Balaban J connectivity index is 2.77. The lowest BCUT2D eigenvalue weighted by molar-refractivity contribution is -0.120. The SMILES string of the molecule is CCOC(=O)c1ccc(N(C)CCC(=O)NC)c(N)c1. The Morgan fingerprint density at radius 2 is 2.10 bits per heavy atom. The number of hydrogen-bond donors (Lipinski definition) is 2. The van der Waals surface area contributed by atoms with Crippen molar-refractivity contribution >= 4 is 23.3 Å². The van der Waals surface area contributed by atoms with Gasteiger partial charge in [0.05, 0.1) is 23.5 Å². The summed E-state index contributed by atoms with van der Waals surface area (Å²) in [4.78, 5) is 24.7. The van der Waals surface area contributed by atoms with E-state index in [4.69, 9.17) is 10.5 Å². The van der Waals surface area contributed by atoms with E-state index < -0.39 is 5.97 Å². The number of nitrogens with zero attached hydrogens (tertiary/aromatic N) is 1. The molecule has 1 aromatic carbocycles. The predicted molar refractivity (Wildman–Crippen MR) is 78.8 cm³/mol. The topological polar surface area (TPSA) is 84.7 Å². The highest BCUT2D eigenvalue weighted by Gasteiger charge is 2.12. The molecule has 0 atom stereocenters. The summed E-state index contributed by atoms with van der Waals surface area (Å²) in [5.41, 5.74) is 7.63. The molecule has 3 N–H and O–H groups in total. The number of benzene rings is 1. The number of carbonyl (C=O) groups excluding carboxylic acids is 2. The lowest BCUT2D eigenvalue weighted by Gasteiger charge is -2.21. The minimum Gasteiger partial charge on any atom is -0.462 e. The standard InChI is InChI=1S/C14H21N3O3/c1-4-20-14(19)10-5-6-12(11(15)9-10)17(3)8-7-13(18)16-2/h5-6,9H,4,7-8,15H2,1-3H3,(H,16,18). The van der Waals surface area contributed by atoms with Crippen molar-refractivity contribution in [3.8, 4) is 0 Å². The van der Waals surface area contributed by atoms with E-state index in [2.05, 4.69) is 5.32 Å². The molecule has 0 spiro atoms. The first-order valence-corrected chi connectivity index (χ1v) is 6.48.